The maximum absolute atomic E-state index is 5.95. The first-order chi connectivity index (χ1) is 8.69. The van der Waals surface area contributed by atoms with Crippen molar-refractivity contribution in [2.45, 2.75) is 11.8 Å². The van der Waals surface area contributed by atoms with Crippen LogP contribution < -0.4 is 11.1 Å². The Bertz CT molecular complexity index is 526. The van der Waals surface area contributed by atoms with E-state index in [2.05, 4.69) is 52.4 Å². The van der Waals surface area contributed by atoms with Gasteiger partial charge in [0.2, 0.25) is 0 Å². The number of rotatable bonds is 4. The van der Waals surface area contributed by atoms with E-state index < -0.39 is 0 Å². The van der Waals surface area contributed by atoms with Crippen molar-refractivity contribution in [3.63, 3.8) is 0 Å². The van der Waals surface area contributed by atoms with Crippen molar-refractivity contribution >= 4 is 44.8 Å². The fraction of sp³-hybridized carbons (Fsp3) is 0.143. The van der Waals surface area contributed by atoms with Crippen molar-refractivity contribution in [2.75, 3.05) is 16.8 Å². The topological polar surface area (TPSA) is 38.0 Å². The average Bonchev–Trinajstić information content (AvgIpc) is 2.35. The maximum atomic E-state index is 5.95. The highest BCUT2D eigenvalue weighted by atomic mass is 79.9. The van der Waals surface area contributed by atoms with Gasteiger partial charge < -0.3 is 11.1 Å². The molecule has 0 saturated carbocycles. The third-order valence-electron chi connectivity index (χ3n) is 2.46. The van der Waals surface area contributed by atoms with Crippen molar-refractivity contribution in [3.8, 4) is 0 Å². The largest absolute Gasteiger partial charge is 0.397 e. The van der Waals surface area contributed by atoms with E-state index in [1.807, 2.05) is 30.0 Å². The molecule has 3 N–H and O–H groups in total. The highest BCUT2D eigenvalue weighted by Gasteiger charge is 2.00. The van der Waals surface area contributed by atoms with E-state index in [4.69, 9.17) is 5.73 Å². The Morgan fingerprint density at radius 2 is 1.89 bits per heavy atom. The van der Waals surface area contributed by atoms with Gasteiger partial charge in [-0.1, -0.05) is 22.9 Å². The van der Waals surface area contributed by atoms with Crippen LogP contribution in [-0.2, 0) is 0 Å². The standard InChI is InChI=1S/C14H15BrN2S/c1-2-18-12-6-4-11(5-7-12)17-14-8-3-10(15)9-13(14)16/h3-9,17H,2,16H2,1H3. The lowest BCUT2D eigenvalue weighted by molar-refractivity contribution is 1.42. The van der Waals surface area contributed by atoms with Crippen LogP contribution in [0.2, 0.25) is 0 Å². The summed E-state index contributed by atoms with van der Waals surface area (Å²) >= 11 is 5.23. The smallest absolute Gasteiger partial charge is 0.0618 e. The molecule has 0 heterocycles. The van der Waals surface area contributed by atoms with Crippen molar-refractivity contribution < 1.29 is 0 Å². The van der Waals surface area contributed by atoms with E-state index in [1.165, 1.54) is 4.90 Å². The molecule has 0 radical (unpaired) electrons. The van der Waals surface area contributed by atoms with Crippen LogP contribution in [0.15, 0.2) is 51.8 Å². The molecule has 2 rings (SSSR count). The van der Waals surface area contributed by atoms with Crippen molar-refractivity contribution in [2.24, 2.45) is 0 Å². The van der Waals surface area contributed by atoms with Gasteiger partial charge in [-0.05, 0) is 48.2 Å². The molecule has 18 heavy (non-hydrogen) atoms. The van der Waals surface area contributed by atoms with Crippen LogP contribution in [0.4, 0.5) is 17.1 Å². The molecule has 94 valence electrons. The summed E-state index contributed by atoms with van der Waals surface area (Å²) < 4.78 is 0.986. The first-order valence-corrected chi connectivity index (χ1v) is 7.52. The number of anilines is 3. The average molecular weight is 323 g/mol. The van der Waals surface area contributed by atoms with Crippen molar-refractivity contribution in [1.29, 1.82) is 0 Å². The maximum Gasteiger partial charge on any atom is 0.0618 e. The summed E-state index contributed by atoms with van der Waals surface area (Å²) in [5.41, 5.74) is 8.65. The molecule has 0 aliphatic heterocycles. The molecule has 0 amide bonds. The first-order valence-electron chi connectivity index (χ1n) is 5.74. The van der Waals surface area contributed by atoms with Crippen LogP contribution in [0.25, 0.3) is 0 Å². The molecule has 0 aromatic heterocycles. The second-order valence-electron chi connectivity index (χ2n) is 3.81. The molecule has 0 atom stereocenters. The SMILES string of the molecule is CCSc1ccc(Nc2ccc(Br)cc2N)cc1. The van der Waals surface area contributed by atoms with Gasteiger partial charge in [0.25, 0.3) is 0 Å². The summed E-state index contributed by atoms with van der Waals surface area (Å²) in [5, 5.41) is 3.31. The lowest BCUT2D eigenvalue weighted by Gasteiger charge is -2.10. The van der Waals surface area contributed by atoms with E-state index in [9.17, 15) is 0 Å². The van der Waals surface area contributed by atoms with Crippen LogP contribution in [-0.4, -0.2) is 5.75 Å². The van der Waals surface area contributed by atoms with Gasteiger partial charge in [-0.3, -0.25) is 0 Å². The summed E-state index contributed by atoms with van der Waals surface area (Å²) in [6.07, 6.45) is 0. The molecule has 2 aromatic carbocycles. The minimum absolute atomic E-state index is 0.733. The molecule has 0 fully saturated rings. The molecule has 0 unspecified atom stereocenters. The molecule has 0 spiro atoms. The van der Waals surface area contributed by atoms with E-state index >= 15 is 0 Å². The Hall–Kier alpha value is -1.13. The predicted molar refractivity (Wildman–Crippen MR) is 84.7 cm³/mol. The van der Waals surface area contributed by atoms with Gasteiger partial charge in [0.1, 0.15) is 0 Å². The Morgan fingerprint density at radius 1 is 1.17 bits per heavy atom. The van der Waals surface area contributed by atoms with Gasteiger partial charge >= 0.3 is 0 Å². The van der Waals surface area contributed by atoms with Crippen molar-refractivity contribution in [3.05, 3.63) is 46.9 Å². The monoisotopic (exact) mass is 322 g/mol. The van der Waals surface area contributed by atoms with Gasteiger partial charge in [0.05, 0.1) is 11.4 Å². The number of hydrogen-bond donors (Lipinski definition) is 2. The van der Waals surface area contributed by atoms with E-state index in [0.717, 1.165) is 27.3 Å². The molecule has 2 aromatic rings. The Morgan fingerprint density at radius 3 is 2.50 bits per heavy atom. The van der Waals surface area contributed by atoms with Gasteiger partial charge in [-0.25, -0.2) is 0 Å². The zero-order chi connectivity index (χ0) is 13.0. The minimum atomic E-state index is 0.733. The zero-order valence-electron chi connectivity index (χ0n) is 10.1. The van der Waals surface area contributed by atoms with Crippen LogP contribution in [0, 0.1) is 0 Å². The minimum Gasteiger partial charge on any atom is -0.397 e. The number of nitrogen functional groups attached to an aromatic ring is 1. The highest BCUT2D eigenvalue weighted by Crippen LogP contribution is 2.27. The number of benzene rings is 2. The van der Waals surface area contributed by atoms with Gasteiger partial charge in [0, 0.05) is 15.1 Å². The second-order valence-corrected chi connectivity index (χ2v) is 6.07. The van der Waals surface area contributed by atoms with Gasteiger partial charge in [-0.2, -0.15) is 0 Å². The van der Waals surface area contributed by atoms with Gasteiger partial charge in [0.15, 0.2) is 0 Å². The number of thioether (sulfide) groups is 1. The predicted octanol–water partition coefficient (Wildman–Crippen LogP) is 4.89. The molecular formula is C14H15BrN2S. The van der Waals surface area contributed by atoms with Crippen LogP contribution in [0.1, 0.15) is 6.92 Å². The fourth-order valence-corrected chi connectivity index (χ4v) is 2.64. The summed E-state index contributed by atoms with van der Waals surface area (Å²) in [6.45, 7) is 2.15. The number of hydrogen-bond acceptors (Lipinski definition) is 3. The molecular weight excluding hydrogens is 308 g/mol. The Labute approximate surface area is 120 Å². The van der Waals surface area contributed by atoms with Crippen LogP contribution in [0.3, 0.4) is 0 Å². The van der Waals surface area contributed by atoms with E-state index in [0.29, 0.717) is 0 Å². The molecule has 0 saturated heterocycles. The Kier molecular flexibility index (Phi) is 4.55. The molecule has 0 bridgehead atoms. The lowest BCUT2D eigenvalue weighted by Crippen LogP contribution is -1.95. The summed E-state index contributed by atoms with van der Waals surface area (Å²) in [7, 11) is 0. The first kappa shape index (κ1) is 13.3. The van der Waals surface area contributed by atoms with Crippen LogP contribution in [0.5, 0.6) is 0 Å². The molecule has 0 aliphatic carbocycles. The van der Waals surface area contributed by atoms with Crippen molar-refractivity contribution in [1.82, 2.24) is 0 Å². The highest BCUT2D eigenvalue weighted by molar-refractivity contribution is 9.10. The molecule has 2 nitrogen and oxygen atoms in total. The fourth-order valence-electron chi connectivity index (χ4n) is 1.60. The Balaban J connectivity index is 2.13. The van der Waals surface area contributed by atoms with Crippen LogP contribution >= 0.6 is 27.7 Å². The number of nitrogens with two attached hydrogens (primary N) is 1. The summed E-state index contributed by atoms with van der Waals surface area (Å²) in [4.78, 5) is 1.28. The third kappa shape index (κ3) is 3.43. The normalized spacial score (nSPS) is 10.3. The molecule has 4 heteroatoms. The summed E-state index contributed by atoms with van der Waals surface area (Å²) in [5.74, 6) is 1.09. The number of nitrogens with one attached hydrogen (secondary N) is 1. The summed E-state index contributed by atoms with van der Waals surface area (Å²) in [6, 6.07) is 14.2. The lowest BCUT2D eigenvalue weighted by atomic mass is 10.2. The zero-order valence-corrected chi connectivity index (χ0v) is 12.5. The second kappa shape index (κ2) is 6.16. The quantitative estimate of drug-likeness (QED) is 0.622. The third-order valence-corrected chi connectivity index (χ3v) is 3.85. The van der Waals surface area contributed by atoms with E-state index in [1.54, 1.807) is 0 Å². The van der Waals surface area contributed by atoms with Gasteiger partial charge in [-0.15, -0.1) is 11.8 Å². The molecule has 0 aliphatic rings. The van der Waals surface area contributed by atoms with E-state index in [-0.39, 0.29) is 0 Å². The number of halogens is 1.